The van der Waals surface area contributed by atoms with Crippen LogP contribution in [0.1, 0.15) is 5.56 Å². The van der Waals surface area contributed by atoms with Crippen molar-refractivity contribution >= 4 is 60.4 Å². The molecule has 3 aliphatic heterocycles. The van der Waals surface area contributed by atoms with Gasteiger partial charge in [0.1, 0.15) is 21.2 Å². The Kier molecular flexibility index (Phi) is 32.6. The van der Waals surface area contributed by atoms with Crippen LogP contribution in [-0.2, 0) is 79.2 Å². The molecule has 0 spiro atoms. The molecule has 0 unspecified atom stereocenters. The zero-order valence-corrected chi connectivity index (χ0v) is 80.9. The molecule has 22 heteroatoms. The fourth-order valence-corrected chi connectivity index (χ4v) is 19.6. The molecule has 0 aliphatic carbocycles. The second kappa shape index (κ2) is 44.8. The van der Waals surface area contributed by atoms with Crippen molar-refractivity contribution < 1.29 is 115 Å². The molecule has 0 amide bonds. The third kappa shape index (κ3) is 22.9. The van der Waals surface area contributed by atoms with E-state index in [0.29, 0.717) is 23.3 Å². The largest absolute Gasteiger partial charge is 2.00 e. The van der Waals surface area contributed by atoms with Gasteiger partial charge in [0, 0.05) is 46.8 Å². The summed E-state index contributed by atoms with van der Waals surface area (Å²) in [6.07, 6.45) is 7.93. The van der Waals surface area contributed by atoms with Crippen LogP contribution >= 0.6 is 33.5 Å². The Bertz CT molecular complexity index is 6070. The standard InChI is InChI=1S/C40H30N2OP.C23H16NO3P.C22H19N2OP.C17H12NO3P.4Os/c1-30-27-33(29-34(28-30)43-44(35-19-10-4-11-20-35)36-21-12-5-13-22-36)40-41-25-26-42(40)39-37(31-15-6-2-7-16-31)23-14-24-38(39)32-17-8-3-9-18-32;1-2-9-17(10-3-1)20-13-8-16-23(24-20)27-28-25-21-14-6-4-11-18(21)19-12-5-7-15-22(19)26-28;1-23-15-16-24(18-23)19-9-8-10-20(17-19)25-26(21-11-4-2-5-12-21)22-13-6-3-7-14-22;1-2-7-13(8-3-1)14-9-6-12-17(18-14)21-22-19-15-10-4-5-11-16(15)20-22;;;;/h2-28H,1H3;1-9,11-16,28H;2-16,18H,1H3;1-7,9-12,22H;;;;/q-1;;-2;;3*+1;+2/p+2. The Balaban J connectivity index is 0.000000146. The maximum Gasteiger partial charge on any atom is 2.00 e. The van der Waals surface area contributed by atoms with E-state index >= 15 is 0 Å². The fraction of sp³-hybridized carbons (Fsp3) is 0.0196. The summed E-state index contributed by atoms with van der Waals surface area (Å²) in [7, 11) is -4.97. The van der Waals surface area contributed by atoms with Crippen LogP contribution in [0.25, 0.3) is 73.0 Å². The molecule has 3 aliphatic rings. The second-order valence-electron chi connectivity index (χ2n) is 27.5. The Hall–Kier alpha value is -11.4. The maximum absolute atomic E-state index is 6.85. The van der Waals surface area contributed by atoms with Gasteiger partial charge in [0.05, 0.1) is 23.0 Å². The number of fused-ring (bicyclic) bond motifs is 4. The van der Waals surface area contributed by atoms with Crippen molar-refractivity contribution in [3.63, 3.8) is 0 Å². The summed E-state index contributed by atoms with van der Waals surface area (Å²) in [5.74, 6) is 6.15. The Labute approximate surface area is 780 Å². The van der Waals surface area contributed by atoms with E-state index in [9.17, 15) is 0 Å². The first-order chi connectivity index (χ1) is 59.3. The summed E-state index contributed by atoms with van der Waals surface area (Å²) in [6.45, 7) is 4.11. The molecule has 17 aromatic rings. The van der Waals surface area contributed by atoms with E-state index in [2.05, 4.69) is 234 Å². The average Bonchev–Trinajstić information content (AvgIpc) is 1.49. The first kappa shape index (κ1) is 90.3. The number of nitrogens with zero attached hydrogens (tertiary/aromatic N) is 6. The van der Waals surface area contributed by atoms with E-state index in [1.165, 1.54) is 21.2 Å². The van der Waals surface area contributed by atoms with Gasteiger partial charge >= 0.3 is 96.4 Å². The second-order valence-corrected chi connectivity index (χ2v) is 33.8. The van der Waals surface area contributed by atoms with Gasteiger partial charge in [-0.15, -0.1) is 113 Å². The van der Waals surface area contributed by atoms with Gasteiger partial charge in [0.15, 0.2) is 11.5 Å². The third-order valence-electron chi connectivity index (χ3n) is 19.2. The number of imidazole rings is 1. The smallest absolute Gasteiger partial charge is 0.510 e. The van der Waals surface area contributed by atoms with E-state index in [0.717, 1.165) is 107 Å². The number of anilines is 1. The SMILES string of the molecule is CN1C=CN(c2[c-]c(O[PH+](c3ccccc3)c3ccccc3)ccc2)[CH-]1.Cc1cc(O[PH+](c2ccccc2)c2ccccc2)[c-]c(-c2nccn2-c2c(-c3ccccc3)cccc2-c2ccccc2)c1.[Os+2].[Os+].[Os+].[Os+].[c-]1ccccc1-c1cccc(O[PH+]2Oc3ccccc3-c3ccccc3O2)n1.[c-]1ccccc1-c1cccc(O[PH+]2Oc3ccccc3O2)n1. The van der Waals surface area contributed by atoms with Gasteiger partial charge in [-0.05, 0) is 115 Å². The van der Waals surface area contributed by atoms with Crippen LogP contribution in [0, 0.1) is 37.9 Å². The van der Waals surface area contributed by atoms with Crippen LogP contribution in [0.15, 0.2) is 413 Å². The summed E-state index contributed by atoms with van der Waals surface area (Å²) in [4.78, 5) is 18.0. The van der Waals surface area contributed by atoms with Gasteiger partial charge in [-0.2, -0.15) is 12.7 Å². The molecule has 3 radical (unpaired) electrons. The van der Waals surface area contributed by atoms with Crippen LogP contribution in [0.4, 0.5) is 5.69 Å². The number of para-hydroxylation sites is 5. The molecule has 124 heavy (non-hydrogen) atoms. The topological polar surface area (TPSA) is 124 Å². The van der Waals surface area contributed by atoms with Crippen LogP contribution in [0.2, 0.25) is 0 Å². The normalized spacial score (nSPS) is 11.9. The molecule has 6 heterocycles. The molecule has 0 atom stereocenters. The average molecular weight is 2400 g/mol. The van der Waals surface area contributed by atoms with Crippen molar-refractivity contribution in [2.24, 2.45) is 0 Å². The van der Waals surface area contributed by atoms with Gasteiger partial charge in [0.2, 0.25) is 27.8 Å². The van der Waals surface area contributed by atoms with Gasteiger partial charge in [0.25, 0.3) is 11.8 Å². The van der Waals surface area contributed by atoms with Crippen LogP contribution in [0.5, 0.6) is 46.3 Å². The zero-order chi connectivity index (χ0) is 81.0. The molecular formula is C102H79N6O8Os4P4+4. The molecule has 3 aromatic heterocycles. The molecule has 0 fully saturated rings. The zero-order valence-electron chi connectivity index (χ0n) is 66.7. The summed E-state index contributed by atoms with van der Waals surface area (Å²) in [5, 5.41) is 4.81. The molecule has 0 bridgehead atoms. The summed E-state index contributed by atoms with van der Waals surface area (Å²) >= 11 is 0. The molecule has 0 saturated heterocycles. The summed E-state index contributed by atoms with van der Waals surface area (Å²) in [5.41, 5.74) is 14.0. The van der Waals surface area contributed by atoms with E-state index in [1.807, 2.05) is 236 Å². The molecule has 14 aromatic carbocycles. The molecule has 0 saturated carbocycles. The minimum absolute atomic E-state index is 0. The predicted octanol–water partition coefficient (Wildman–Crippen LogP) is 23.5. The number of pyridine rings is 2. The Morgan fingerprint density at radius 1 is 0.379 bits per heavy atom. The molecule has 613 valence electrons. The maximum atomic E-state index is 6.85. The summed E-state index contributed by atoms with van der Waals surface area (Å²) < 4.78 is 50.8. The van der Waals surface area contributed by atoms with Crippen molar-refractivity contribution in [3.05, 3.63) is 450 Å². The monoisotopic (exact) mass is 2410 g/mol. The predicted molar refractivity (Wildman–Crippen MR) is 490 cm³/mol. The number of aryl methyl sites for hydroxylation is 1. The van der Waals surface area contributed by atoms with E-state index in [1.54, 1.807) is 12.1 Å². The first-order valence-corrected chi connectivity index (χ1v) is 44.2. The quantitative estimate of drug-likeness (QED) is 0.0564. The summed E-state index contributed by atoms with van der Waals surface area (Å²) in [6, 6.07) is 143. The van der Waals surface area contributed by atoms with E-state index in [-0.39, 0.29) is 79.2 Å². The van der Waals surface area contributed by atoms with Gasteiger partial charge < -0.3 is 23.4 Å². The van der Waals surface area contributed by atoms with Crippen LogP contribution in [0.3, 0.4) is 0 Å². The van der Waals surface area contributed by atoms with Gasteiger partial charge in [-0.25, -0.2) is 0 Å². The third-order valence-corrected chi connectivity index (χ3v) is 25.7. The number of benzene rings is 14. The van der Waals surface area contributed by atoms with Gasteiger partial charge in [-0.3, -0.25) is 42.1 Å². The van der Waals surface area contributed by atoms with E-state index < -0.39 is 33.5 Å². The van der Waals surface area contributed by atoms with E-state index in [4.69, 9.17) is 41.2 Å². The first-order valence-electron chi connectivity index (χ1n) is 38.9. The number of aromatic nitrogens is 4. The molecule has 20 rings (SSSR count). The molecular weight excluding hydrogens is 2320 g/mol. The fourth-order valence-electron chi connectivity index (χ4n) is 13.6. The number of hydrogen-bond donors (Lipinski definition) is 0. The number of hydrogen-bond acceptors (Lipinski definition) is 13. The molecule has 0 N–H and O–H groups in total. The van der Waals surface area contributed by atoms with Crippen molar-refractivity contribution in [1.82, 2.24) is 24.4 Å². The van der Waals surface area contributed by atoms with Gasteiger partial charge in [-0.1, -0.05) is 244 Å². The minimum Gasteiger partial charge on any atom is -0.510 e. The van der Waals surface area contributed by atoms with Crippen molar-refractivity contribution in [2.75, 3.05) is 11.9 Å². The van der Waals surface area contributed by atoms with Crippen LogP contribution < -0.4 is 62.3 Å². The van der Waals surface area contributed by atoms with Crippen molar-refractivity contribution in [2.45, 2.75) is 6.92 Å². The number of rotatable bonds is 19. The Morgan fingerprint density at radius 3 is 1.23 bits per heavy atom. The van der Waals surface area contributed by atoms with Crippen molar-refractivity contribution in [1.29, 1.82) is 0 Å². The minimum atomic E-state index is -2.13. The molecule has 14 nitrogen and oxygen atoms in total. The van der Waals surface area contributed by atoms with Crippen molar-refractivity contribution in [3.8, 4) is 119 Å². The Morgan fingerprint density at radius 2 is 0.782 bits per heavy atom. The van der Waals surface area contributed by atoms with Crippen LogP contribution in [-0.4, -0.2) is 31.5 Å².